The van der Waals surface area contributed by atoms with E-state index in [0.29, 0.717) is 11.6 Å². The molecule has 4 nitrogen and oxygen atoms in total. The number of aromatic hydroxyl groups is 1. The van der Waals surface area contributed by atoms with Gasteiger partial charge in [0.2, 0.25) is 0 Å². The minimum absolute atomic E-state index is 0.00452. The van der Waals surface area contributed by atoms with Gasteiger partial charge in [-0.15, -0.1) is 0 Å². The molecule has 0 saturated carbocycles. The Morgan fingerprint density at radius 3 is 2.45 bits per heavy atom. The first-order valence-electron chi connectivity index (χ1n) is 5.57. The molecule has 0 aliphatic carbocycles. The van der Waals surface area contributed by atoms with Crippen molar-refractivity contribution >= 4 is 15.7 Å². The van der Waals surface area contributed by atoms with Crippen LogP contribution < -0.4 is 4.72 Å². The van der Waals surface area contributed by atoms with E-state index in [2.05, 4.69) is 4.72 Å². The van der Waals surface area contributed by atoms with Gasteiger partial charge >= 0.3 is 0 Å². The van der Waals surface area contributed by atoms with Crippen LogP contribution in [0, 0.1) is 18.6 Å². The van der Waals surface area contributed by atoms with E-state index < -0.39 is 26.6 Å². The van der Waals surface area contributed by atoms with Gasteiger partial charge in [-0.05, 0) is 48.9 Å². The monoisotopic (exact) mass is 299 g/mol. The first kappa shape index (κ1) is 14.3. The molecule has 0 radical (unpaired) electrons. The van der Waals surface area contributed by atoms with E-state index in [1.165, 1.54) is 18.2 Å². The summed E-state index contributed by atoms with van der Waals surface area (Å²) in [5.74, 6) is -1.90. The topological polar surface area (TPSA) is 66.4 Å². The molecule has 0 bridgehead atoms. The normalized spacial score (nSPS) is 11.3. The number of rotatable bonds is 3. The average Bonchev–Trinajstić information content (AvgIpc) is 2.36. The Bertz CT molecular complexity index is 760. The van der Waals surface area contributed by atoms with E-state index in [0.717, 1.165) is 12.1 Å². The van der Waals surface area contributed by atoms with Gasteiger partial charge in [-0.25, -0.2) is 17.2 Å². The second kappa shape index (κ2) is 5.09. The highest BCUT2D eigenvalue weighted by Gasteiger charge is 2.20. The molecule has 20 heavy (non-hydrogen) atoms. The van der Waals surface area contributed by atoms with Crippen LogP contribution in [0.4, 0.5) is 14.5 Å². The van der Waals surface area contributed by atoms with E-state index in [1.807, 2.05) is 0 Å². The van der Waals surface area contributed by atoms with Gasteiger partial charge < -0.3 is 5.11 Å². The Balaban J connectivity index is 2.40. The average molecular weight is 299 g/mol. The van der Waals surface area contributed by atoms with Crippen LogP contribution in [0.5, 0.6) is 5.75 Å². The summed E-state index contributed by atoms with van der Waals surface area (Å²) in [7, 11) is -4.24. The van der Waals surface area contributed by atoms with Crippen molar-refractivity contribution < 1.29 is 22.3 Å². The molecule has 0 spiro atoms. The van der Waals surface area contributed by atoms with Crippen molar-refractivity contribution in [2.75, 3.05) is 4.72 Å². The highest BCUT2D eigenvalue weighted by Crippen LogP contribution is 2.24. The number of aryl methyl sites for hydroxylation is 1. The molecular weight excluding hydrogens is 288 g/mol. The van der Waals surface area contributed by atoms with Gasteiger partial charge in [0, 0.05) is 5.69 Å². The number of nitrogens with one attached hydrogen (secondary N) is 1. The van der Waals surface area contributed by atoms with Crippen LogP contribution in [0.3, 0.4) is 0 Å². The number of phenols is 1. The second-order valence-corrected chi connectivity index (χ2v) is 5.83. The lowest BCUT2D eigenvalue weighted by Gasteiger charge is -2.10. The summed E-state index contributed by atoms with van der Waals surface area (Å²) in [6.07, 6.45) is 0. The summed E-state index contributed by atoms with van der Waals surface area (Å²) in [6.45, 7) is 1.58. The summed E-state index contributed by atoms with van der Waals surface area (Å²) in [5, 5.41) is 9.35. The summed E-state index contributed by atoms with van der Waals surface area (Å²) < 4.78 is 52.6. The Labute approximate surface area is 114 Å². The lowest BCUT2D eigenvalue weighted by molar-refractivity contribution is 0.471. The lowest BCUT2D eigenvalue weighted by atomic mass is 10.2. The van der Waals surface area contributed by atoms with Crippen LogP contribution in [-0.4, -0.2) is 13.5 Å². The molecule has 2 aromatic rings. The van der Waals surface area contributed by atoms with Gasteiger partial charge in [0.1, 0.15) is 22.3 Å². The summed E-state index contributed by atoms with van der Waals surface area (Å²) in [6, 6.07) is 6.17. The molecule has 2 aromatic carbocycles. The van der Waals surface area contributed by atoms with Gasteiger partial charge in [0.25, 0.3) is 10.0 Å². The number of halogens is 2. The van der Waals surface area contributed by atoms with E-state index in [9.17, 15) is 22.3 Å². The molecular formula is C13H11F2NO3S. The largest absolute Gasteiger partial charge is 0.508 e. The Morgan fingerprint density at radius 1 is 1.10 bits per heavy atom. The molecule has 0 fully saturated rings. The van der Waals surface area contributed by atoms with E-state index in [-0.39, 0.29) is 11.4 Å². The van der Waals surface area contributed by atoms with Crippen molar-refractivity contribution in [3.05, 3.63) is 53.6 Å². The summed E-state index contributed by atoms with van der Waals surface area (Å²) in [4.78, 5) is -0.775. The van der Waals surface area contributed by atoms with Crippen molar-refractivity contribution in [1.29, 1.82) is 0 Å². The fourth-order valence-electron chi connectivity index (χ4n) is 1.61. The minimum Gasteiger partial charge on any atom is -0.508 e. The first-order chi connectivity index (χ1) is 9.29. The quantitative estimate of drug-likeness (QED) is 0.856. The minimum atomic E-state index is -4.24. The molecule has 0 aromatic heterocycles. The Kier molecular flexibility index (Phi) is 3.63. The smallest absolute Gasteiger partial charge is 0.264 e. The Morgan fingerprint density at radius 2 is 1.80 bits per heavy atom. The Hall–Kier alpha value is -2.15. The van der Waals surface area contributed by atoms with Crippen LogP contribution in [0.15, 0.2) is 41.3 Å². The lowest BCUT2D eigenvalue weighted by Crippen LogP contribution is -2.15. The molecule has 0 aliphatic heterocycles. The van der Waals surface area contributed by atoms with Crippen molar-refractivity contribution in [2.45, 2.75) is 11.8 Å². The third-order valence-electron chi connectivity index (χ3n) is 2.63. The zero-order valence-corrected chi connectivity index (χ0v) is 11.2. The molecule has 0 atom stereocenters. The molecule has 2 N–H and O–H groups in total. The maximum atomic E-state index is 13.5. The number of sulfonamides is 1. The maximum Gasteiger partial charge on any atom is 0.264 e. The number of benzene rings is 2. The number of anilines is 1. The third-order valence-corrected chi connectivity index (χ3v) is 4.03. The second-order valence-electron chi connectivity index (χ2n) is 4.18. The van der Waals surface area contributed by atoms with Gasteiger partial charge in [0.05, 0.1) is 0 Å². The highest BCUT2D eigenvalue weighted by molar-refractivity contribution is 7.92. The predicted octanol–water partition coefficient (Wildman–Crippen LogP) is 2.78. The van der Waals surface area contributed by atoms with Gasteiger partial charge in [-0.2, -0.15) is 0 Å². The van der Waals surface area contributed by atoms with Gasteiger partial charge in [-0.3, -0.25) is 4.72 Å². The molecule has 2 rings (SSSR count). The van der Waals surface area contributed by atoms with Crippen LogP contribution in [0.2, 0.25) is 0 Å². The number of phenolic OH excluding ortho intramolecular Hbond substituents is 1. The summed E-state index contributed by atoms with van der Waals surface area (Å²) >= 11 is 0. The van der Waals surface area contributed by atoms with Gasteiger partial charge in [0.15, 0.2) is 0 Å². The molecule has 106 valence electrons. The molecule has 0 heterocycles. The van der Waals surface area contributed by atoms with E-state index in [1.54, 1.807) is 6.92 Å². The number of hydrogen-bond acceptors (Lipinski definition) is 3. The van der Waals surface area contributed by atoms with Crippen LogP contribution >= 0.6 is 0 Å². The third kappa shape index (κ3) is 2.88. The first-order valence-corrected chi connectivity index (χ1v) is 7.05. The summed E-state index contributed by atoms with van der Waals surface area (Å²) in [5.41, 5.74) is 0.592. The SMILES string of the molecule is Cc1cc(NS(=O)(=O)c2cc(F)ccc2F)ccc1O. The molecule has 0 aliphatic rings. The predicted molar refractivity (Wildman–Crippen MR) is 70.0 cm³/mol. The van der Waals surface area contributed by atoms with Crippen LogP contribution in [0.1, 0.15) is 5.56 Å². The zero-order valence-electron chi connectivity index (χ0n) is 10.4. The van der Waals surface area contributed by atoms with E-state index in [4.69, 9.17) is 0 Å². The highest BCUT2D eigenvalue weighted by atomic mass is 32.2. The van der Waals surface area contributed by atoms with Crippen molar-refractivity contribution in [1.82, 2.24) is 0 Å². The van der Waals surface area contributed by atoms with Crippen LogP contribution in [0.25, 0.3) is 0 Å². The fraction of sp³-hybridized carbons (Fsp3) is 0.0769. The standard InChI is InChI=1S/C13H11F2NO3S/c1-8-6-10(3-5-12(8)17)16-20(18,19)13-7-9(14)2-4-11(13)15/h2-7,16-17H,1H3. The molecule has 0 unspecified atom stereocenters. The van der Waals surface area contributed by atoms with Crippen LogP contribution in [-0.2, 0) is 10.0 Å². The van der Waals surface area contributed by atoms with Gasteiger partial charge in [-0.1, -0.05) is 0 Å². The van der Waals surface area contributed by atoms with Crippen molar-refractivity contribution in [3.63, 3.8) is 0 Å². The molecule has 0 amide bonds. The molecule has 0 saturated heterocycles. The van der Waals surface area contributed by atoms with Crippen molar-refractivity contribution in [2.24, 2.45) is 0 Å². The number of hydrogen-bond donors (Lipinski definition) is 2. The maximum absolute atomic E-state index is 13.5. The zero-order chi connectivity index (χ0) is 14.9. The molecule has 7 heteroatoms. The van der Waals surface area contributed by atoms with E-state index >= 15 is 0 Å². The fourth-order valence-corrected chi connectivity index (χ4v) is 2.75. The van der Waals surface area contributed by atoms with Crippen molar-refractivity contribution in [3.8, 4) is 5.75 Å².